The number of aliphatic hydroxyl groups is 1. The van der Waals surface area contributed by atoms with Gasteiger partial charge in [0.15, 0.2) is 0 Å². The van der Waals surface area contributed by atoms with Crippen LogP contribution in [0.5, 0.6) is 0 Å². The maximum Gasteiger partial charge on any atom is 0.123 e. The molecule has 5 heteroatoms. The number of para-hydroxylation sites is 2. The standard InChI is InChI=1S/C19H20FN3O/c20-14-7-5-13(6-8-14)15-9-10-23(11-18(15)24)12-19-21-16-3-1-2-4-17(16)22-19/h1-8,15,18,24H,9-12H2,(H,21,22)/t15-,18+/m0/s1. The Morgan fingerprint density at radius 2 is 1.96 bits per heavy atom. The molecular weight excluding hydrogens is 305 g/mol. The lowest BCUT2D eigenvalue weighted by molar-refractivity contribution is 0.0466. The molecule has 1 saturated heterocycles. The molecule has 2 N–H and O–H groups in total. The maximum absolute atomic E-state index is 13.1. The highest BCUT2D eigenvalue weighted by Gasteiger charge is 2.29. The van der Waals surface area contributed by atoms with Crippen LogP contribution in [-0.2, 0) is 6.54 Å². The quantitative estimate of drug-likeness (QED) is 0.778. The number of H-pyrrole nitrogens is 1. The number of piperidine rings is 1. The van der Waals surface area contributed by atoms with Gasteiger partial charge in [-0.3, -0.25) is 4.90 Å². The van der Waals surface area contributed by atoms with Crippen LogP contribution in [0.2, 0.25) is 0 Å². The fourth-order valence-corrected chi connectivity index (χ4v) is 3.53. The third-order valence-corrected chi connectivity index (χ3v) is 4.78. The van der Waals surface area contributed by atoms with E-state index in [0.717, 1.165) is 35.4 Å². The molecule has 0 radical (unpaired) electrons. The highest BCUT2D eigenvalue weighted by Crippen LogP contribution is 2.29. The zero-order chi connectivity index (χ0) is 16.5. The van der Waals surface area contributed by atoms with Gasteiger partial charge in [-0.05, 0) is 42.8 Å². The van der Waals surface area contributed by atoms with Crippen molar-refractivity contribution in [2.24, 2.45) is 0 Å². The molecule has 124 valence electrons. The van der Waals surface area contributed by atoms with Crippen molar-refractivity contribution in [3.05, 3.63) is 65.7 Å². The van der Waals surface area contributed by atoms with Crippen LogP contribution in [0.3, 0.4) is 0 Å². The lowest BCUT2D eigenvalue weighted by atomic mass is 9.87. The fraction of sp³-hybridized carbons (Fsp3) is 0.316. The Balaban J connectivity index is 1.43. The summed E-state index contributed by atoms with van der Waals surface area (Å²) in [6.45, 7) is 2.18. The van der Waals surface area contributed by atoms with Crippen molar-refractivity contribution in [1.29, 1.82) is 0 Å². The van der Waals surface area contributed by atoms with Gasteiger partial charge in [0, 0.05) is 12.5 Å². The van der Waals surface area contributed by atoms with Crippen LogP contribution in [0.15, 0.2) is 48.5 Å². The Hall–Kier alpha value is -2.24. The van der Waals surface area contributed by atoms with Crippen molar-refractivity contribution in [2.45, 2.75) is 25.0 Å². The number of aromatic nitrogens is 2. The molecule has 0 aliphatic carbocycles. The molecule has 2 heterocycles. The van der Waals surface area contributed by atoms with Crippen molar-refractivity contribution < 1.29 is 9.50 Å². The molecular formula is C19H20FN3O. The minimum Gasteiger partial charge on any atom is -0.391 e. The van der Waals surface area contributed by atoms with E-state index in [1.807, 2.05) is 24.3 Å². The van der Waals surface area contributed by atoms with Gasteiger partial charge in [0.1, 0.15) is 11.6 Å². The van der Waals surface area contributed by atoms with E-state index in [0.29, 0.717) is 13.1 Å². The third-order valence-electron chi connectivity index (χ3n) is 4.78. The molecule has 0 bridgehead atoms. The number of β-amino-alcohol motifs (C(OH)–C–C–N with tert-alkyl or cyclic N) is 1. The molecule has 0 spiro atoms. The molecule has 0 unspecified atom stereocenters. The number of imidazole rings is 1. The predicted octanol–water partition coefficient (Wildman–Crippen LogP) is 3.05. The van der Waals surface area contributed by atoms with Gasteiger partial charge in [-0.2, -0.15) is 0 Å². The van der Waals surface area contributed by atoms with Crippen LogP contribution in [0, 0.1) is 5.82 Å². The molecule has 3 aromatic rings. The van der Waals surface area contributed by atoms with Crippen molar-refractivity contribution in [1.82, 2.24) is 14.9 Å². The number of benzene rings is 2. The number of aliphatic hydroxyl groups excluding tert-OH is 1. The molecule has 0 amide bonds. The highest BCUT2D eigenvalue weighted by atomic mass is 19.1. The van der Waals surface area contributed by atoms with E-state index in [1.165, 1.54) is 12.1 Å². The Morgan fingerprint density at radius 1 is 1.17 bits per heavy atom. The van der Waals surface area contributed by atoms with Gasteiger partial charge in [0.05, 0.1) is 23.7 Å². The second-order valence-corrected chi connectivity index (χ2v) is 6.45. The van der Waals surface area contributed by atoms with Crippen LogP contribution >= 0.6 is 0 Å². The van der Waals surface area contributed by atoms with Crippen LogP contribution in [-0.4, -0.2) is 39.2 Å². The normalized spacial score (nSPS) is 22.1. The van der Waals surface area contributed by atoms with Gasteiger partial charge < -0.3 is 10.1 Å². The monoisotopic (exact) mass is 325 g/mol. The molecule has 24 heavy (non-hydrogen) atoms. The first-order valence-corrected chi connectivity index (χ1v) is 8.28. The predicted molar refractivity (Wildman–Crippen MR) is 91.1 cm³/mol. The Bertz CT molecular complexity index is 797. The number of rotatable bonds is 3. The van der Waals surface area contributed by atoms with Gasteiger partial charge in [-0.15, -0.1) is 0 Å². The summed E-state index contributed by atoms with van der Waals surface area (Å²) in [5.74, 6) is 0.747. The third kappa shape index (κ3) is 3.05. The van der Waals surface area contributed by atoms with E-state index in [2.05, 4.69) is 14.9 Å². The summed E-state index contributed by atoms with van der Waals surface area (Å²) in [6, 6.07) is 14.4. The number of fused-ring (bicyclic) bond motifs is 1. The summed E-state index contributed by atoms with van der Waals surface area (Å²) in [5.41, 5.74) is 3.01. The minimum absolute atomic E-state index is 0.0672. The lowest BCUT2D eigenvalue weighted by Crippen LogP contribution is -2.42. The van der Waals surface area contributed by atoms with Crippen LogP contribution < -0.4 is 0 Å². The largest absolute Gasteiger partial charge is 0.391 e. The molecule has 2 atom stereocenters. The summed E-state index contributed by atoms with van der Waals surface area (Å²) in [7, 11) is 0. The summed E-state index contributed by atoms with van der Waals surface area (Å²) in [6.07, 6.45) is 0.404. The number of likely N-dealkylation sites (tertiary alicyclic amines) is 1. The molecule has 2 aromatic carbocycles. The van der Waals surface area contributed by atoms with E-state index in [4.69, 9.17) is 0 Å². The van der Waals surface area contributed by atoms with Gasteiger partial charge in [-0.1, -0.05) is 24.3 Å². The van der Waals surface area contributed by atoms with Crippen molar-refractivity contribution in [3.8, 4) is 0 Å². The number of hydrogen-bond acceptors (Lipinski definition) is 3. The highest BCUT2D eigenvalue weighted by molar-refractivity contribution is 5.74. The van der Waals surface area contributed by atoms with Crippen LogP contribution in [0.1, 0.15) is 23.7 Å². The van der Waals surface area contributed by atoms with E-state index in [9.17, 15) is 9.50 Å². The molecule has 1 aliphatic heterocycles. The number of nitrogens with one attached hydrogen (secondary N) is 1. The molecule has 1 fully saturated rings. The van der Waals surface area contributed by atoms with Gasteiger partial charge in [0.25, 0.3) is 0 Å². The Kier molecular flexibility index (Phi) is 4.04. The van der Waals surface area contributed by atoms with E-state index < -0.39 is 6.10 Å². The zero-order valence-corrected chi connectivity index (χ0v) is 13.3. The molecule has 1 aliphatic rings. The summed E-state index contributed by atoms with van der Waals surface area (Å²) >= 11 is 0. The SMILES string of the molecule is O[C@@H]1CN(Cc2nc3ccccc3[nH]2)CC[C@H]1c1ccc(F)cc1. The summed E-state index contributed by atoms with van der Waals surface area (Å²) in [4.78, 5) is 10.1. The zero-order valence-electron chi connectivity index (χ0n) is 13.3. The van der Waals surface area contributed by atoms with E-state index in [1.54, 1.807) is 12.1 Å². The first-order valence-electron chi connectivity index (χ1n) is 8.28. The topological polar surface area (TPSA) is 52.1 Å². The maximum atomic E-state index is 13.1. The smallest absolute Gasteiger partial charge is 0.123 e. The van der Waals surface area contributed by atoms with Gasteiger partial charge in [-0.25, -0.2) is 9.37 Å². The first-order chi connectivity index (χ1) is 11.7. The molecule has 0 saturated carbocycles. The van der Waals surface area contributed by atoms with Crippen molar-refractivity contribution in [2.75, 3.05) is 13.1 Å². The summed E-state index contributed by atoms with van der Waals surface area (Å²) < 4.78 is 13.1. The average Bonchev–Trinajstić information content (AvgIpc) is 2.98. The first kappa shape index (κ1) is 15.3. The molecule has 1 aromatic heterocycles. The van der Waals surface area contributed by atoms with Crippen molar-refractivity contribution in [3.63, 3.8) is 0 Å². The van der Waals surface area contributed by atoms with E-state index >= 15 is 0 Å². The van der Waals surface area contributed by atoms with Crippen LogP contribution in [0.25, 0.3) is 11.0 Å². The Labute approximate surface area is 140 Å². The van der Waals surface area contributed by atoms with E-state index in [-0.39, 0.29) is 11.7 Å². The Morgan fingerprint density at radius 3 is 2.71 bits per heavy atom. The second-order valence-electron chi connectivity index (χ2n) is 6.45. The molecule has 4 rings (SSSR count). The van der Waals surface area contributed by atoms with Crippen LogP contribution in [0.4, 0.5) is 4.39 Å². The number of aromatic amines is 1. The van der Waals surface area contributed by atoms with Gasteiger partial charge in [0.2, 0.25) is 0 Å². The summed E-state index contributed by atoms with van der Waals surface area (Å²) in [5, 5.41) is 10.5. The fourth-order valence-electron chi connectivity index (χ4n) is 3.53. The lowest BCUT2D eigenvalue weighted by Gasteiger charge is -2.35. The average molecular weight is 325 g/mol. The number of halogens is 1. The van der Waals surface area contributed by atoms with Crippen molar-refractivity contribution >= 4 is 11.0 Å². The minimum atomic E-state index is -0.450. The number of nitrogens with zero attached hydrogens (tertiary/aromatic N) is 2. The molecule has 4 nitrogen and oxygen atoms in total. The van der Waals surface area contributed by atoms with Gasteiger partial charge >= 0.3 is 0 Å². The second kappa shape index (κ2) is 6.34. The number of hydrogen-bond donors (Lipinski definition) is 2.